The van der Waals surface area contributed by atoms with Gasteiger partial charge in [-0.05, 0) is 49.4 Å². The molecular formula is C15H19ClFNO. The fourth-order valence-electron chi connectivity index (χ4n) is 2.71. The Bertz CT molecular complexity index is 463. The van der Waals surface area contributed by atoms with Gasteiger partial charge in [-0.25, -0.2) is 4.39 Å². The highest BCUT2D eigenvalue weighted by molar-refractivity contribution is 6.18. The lowest BCUT2D eigenvalue weighted by Gasteiger charge is -2.31. The van der Waals surface area contributed by atoms with E-state index in [4.69, 9.17) is 11.6 Å². The molecule has 0 aromatic heterocycles. The molecule has 1 aliphatic carbocycles. The summed E-state index contributed by atoms with van der Waals surface area (Å²) in [6.45, 7) is 1.75. The van der Waals surface area contributed by atoms with Crippen LogP contribution < -0.4 is 5.32 Å². The van der Waals surface area contributed by atoms with Crippen molar-refractivity contribution in [2.75, 3.05) is 5.88 Å². The maximum Gasteiger partial charge on any atom is 0.251 e. The van der Waals surface area contributed by atoms with E-state index in [1.807, 2.05) is 0 Å². The van der Waals surface area contributed by atoms with E-state index >= 15 is 0 Å². The second kappa shape index (κ2) is 6.38. The van der Waals surface area contributed by atoms with E-state index in [1.54, 1.807) is 13.0 Å². The van der Waals surface area contributed by atoms with Crippen molar-refractivity contribution in [1.29, 1.82) is 0 Å². The van der Waals surface area contributed by atoms with Crippen molar-refractivity contribution in [2.45, 2.75) is 38.6 Å². The Kier molecular flexibility index (Phi) is 4.81. The van der Waals surface area contributed by atoms with Crippen LogP contribution in [0, 0.1) is 18.7 Å². The third kappa shape index (κ3) is 3.47. The molecule has 1 saturated carbocycles. The van der Waals surface area contributed by atoms with Gasteiger partial charge in [-0.15, -0.1) is 11.6 Å². The van der Waals surface area contributed by atoms with Crippen molar-refractivity contribution in [2.24, 2.45) is 5.92 Å². The van der Waals surface area contributed by atoms with Gasteiger partial charge in [-0.2, -0.15) is 0 Å². The second-order valence-corrected chi connectivity index (χ2v) is 5.55. The van der Waals surface area contributed by atoms with Crippen LogP contribution in [0.3, 0.4) is 0 Å². The molecule has 104 valence electrons. The van der Waals surface area contributed by atoms with E-state index in [9.17, 15) is 9.18 Å². The normalized spacial score (nSPS) is 23.1. The molecule has 0 radical (unpaired) electrons. The van der Waals surface area contributed by atoms with Gasteiger partial charge in [0.2, 0.25) is 0 Å². The van der Waals surface area contributed by atoms with Crippen molar-refractivity contribution < 1.29 is 9.18 Å². The Labute approximate surface area is 118 Å². The molecule has 4 heteroatoms. The van der Waals surface area contributed by atoms with Gasteiger partial charge in [-0.1, -0.05) is 12.8 Å². The molecule has 0 spiro atoms. The zero-order valence-corrected chi connectivity index (χ0v) is 11.8. The molecule has 0 bridgehead atoms. The Morgan fingerprint density at radius 2 is 2.16 bits per heavy atom. The van der Waals surface area contributed by atoms with E-state index in [0.29, 0.717) is 22.9 Å². The number of alkyl halides is 1. The molecule has 1 aromatic carbocycles. The van der Waals surface area contributed by atoms with Crippen LogP contribution in [0.1, 0.15) is 41.6 Å². The Hall–Kier alpha value is -1.09. The van der Waals surface area contributed by atoms with Crippen LogP contribution in [0.15, 0.2) is 18.2 Å². The topological polar surface area (TPSA) is 29.1 Å². The molecule has 19 heavy (non-hydrogen) atoms. The molecule has 0 heterocycles. The van der Waals surface area contributed by atoms with Crippen LogP contribution in [-0.2, 0) is 0 Å². The minimum Gasteiger partial charge on any atom is -0.349 e. The molecule has 2 atom stereocenters. The molecule has 1 N–H and O–H groups in total. The van der Waals surface area contributed by atoms with Gasteiger partial charge in [0.15, 0.2) is 0 Å². The highest BCUT2D eigenvalue weighted by atomic mass is 35.5. The number of nitrogens with one attached hydrogen (secondary N) is 1. The van der Waals surface area contributed by atoms with Gasteiger partial charge in [0.25, 0.3) is 5.91 Å². The standard InChI is InChI=1S/C15H19ClFNO/c1-10-8-12(17)6-7-13(10)15(19)18-14-5-3-2-4-11(14)9-16/h6-8,11,14H,2-5,9H2,1H3,(H,18,19). The average molecular weight is 284 g/mol. The number of aryl methyl sites for hydroxylation is 1. The number of carbonyl (C=O) groups is 1. The SMILES string of the molecule is Cc1cc(F)ccc1C(=O)NC1CCCCC1CCl. The van der Waals surface area contributed by atoms with Crippen LogP contribution in [0.2, 0.25) is 0 Å². The van der Waals surface area contributed by atoms with Gasteiger partial charge in [0.1, 0.15) is 5.82 Å². The molecule has 2 nitrogen and oxygen atoms in total. The number of benzene rings is 1. The zero-order chi connectivity index (χ0) is 13.8. The summed E-state index contributed by atoms with van der Waals surface area (Å²) in [6, 6.07) is 4.39. The summed E-state index contributed by atoms with van der Waals surface area (Å²) in [5, 5.41) is 3.05. The van der Waals surface area contributed by atoms with E-state index in [0.717, 1.165) is 19.3 Å². The lowest BCUT2D eigenvalue weighted by atomic mass is 9.85. The van der Waals surface area contributed by atoms with E-state index in [1.165, 1.54) is 18.6 Å². The van der Waals surface area contributed by atoms with Crippen LogP contribution in [0.5, 0.6) is 0 Å². The summed E-state index contributed by atoms with van der Waals surface area (Å²) < 4.78 is 13.0. The van der Waals surface area contributed by atoms with Crippen molar-refractivity contribution in [1.82, 2.24) is 5.32 Å². The third-order valence-corrected chi connectivity index (χ3v) is 4.25. The quantitative estimate of drug-likeness (QED) is 0.843. The summed E-state index contributed by atoms with van der Waals surface area (Å²) >= 11 is 5.96. The first-order chi connectivity index (χ1) is 9.11. The summed E-state index contributed by atoms with van der Waals surface area (Å²) in [4.78, 5) is 12.2. The molecule has 1 amide bonds. The van der Waals surface area contributed by atoms with Crippen molar-refractivity contribution in [3.05, 3.63) is 35.1 Å². The highest BCUT2D eigenvalue weighted by Gasteiger charge is 2.26. The minimum atomic E-state index is -0.314. The molecular weight excluding hydrogens is 265 g/mol. The fraction of sp³-hybridized carbons (Fsp3) is 0.533. The molecule has 0 saturated heterocycles. The van der Waals surface area contributed by atoms with Crippen LogP contribution in [0.4, 0.5) is 4.39 Å². The second-order valence-electron chi connectivity index (χ2n) is 5.24. The molecule has 1 aromatic rings. The minimum absolute atomic E-state index is 0.125. The lowest BCUT2D eigenvalue weighted by molar-refractivity contribution is 0.0910. The molecule has 2 unspecified atom stereocenters. The highest BCUT2D eigenvalue weighted by Crippen LogP contribution is 2.25. The van der Waals surface area contributed by atoms with Gasteiger partial charge in [0, 0.05) is 17.5 Å². The molecule has 2 rings (SSSR count). The third-order valence-electron chi connectivity index (χ3n) is 3.86. The first-order valence-corrected chi connectivity index (χ1v) is 7.28. The zero-order valence-electron chi connectivity index (χ0n) is 11.1. The number of amides is 1. The summed E-state index contributed by atoms with van der Waals surface area (Å²) in [5.74, 6) is 0.484. The van der Waals surface area contributed by atoms with Crippen molar-refractivity contribution >= 4 is 17.5 Å². The van der Waals surface area contributed by atoms with E-state index < -0.39 is 0 Å². The first-order valence-electron chi connectivity index (χ1n) is 6.75. The number of hydrogen-bond acceptors (Lipinski definition) is 1. The molecule has 1 fully saturated rings. The van der Waals surface area contributed by atoms with Gasteiger partial charge < -0.3 is 5.32 Å². The number of rotatable bonds is 3. The largest absolute Gasteiger partial charge is 0.349 e. The molecule has 1 aliphatic rings. The summed E-state index contributed by atoms with van der Waals surface area (Å²) in [5.41, 5.74) is 1.20. The van der Waals surface area contributed by atoms with Gasteiger partial charge >= 0.3 is 0 Å². The molecule has 0 aliphatic heterocycles. The number of hydrogen-bond donors (Lipinski definition) is 1. The smallest absolute Gasteiger partial charge is 0.251 e. The van der Waals surface area contributed by atoms with Gasteiger partial charge in [0.05, 0.1) is 0 Å². The van der Waals surface area contributed by atoms with Gasteiger partial charge in [-0.3, -0.25) is 4.79 Å². The summed E-state index contributed by atoms with van der Waals surface area (Å²) in [7, 11) is 0. The van der Waals surface area contributed by atoms with Crippen LogP contribution >= 0.6 is 11.6 Å². The number of halogens is 2. The monoisotopic (exact) mass is 283 g/mol. The first kappa shape index (κ1) is 14.3. The average Bonchev–Trinajstić information content (AvgIpc) is 2.39. The van der Waals surface area contributed by atoms with E-state index in [-0.39, 0.29) is 17.8 Å². The Morgan fingerprint density at radius 3 is 2.84 bits per heavy atom. The van der Waals surface area contributed by atoms with Crippen molar-refractivity contribution in [3.8, 4) is 0 Å². The van der Waals surface area contributed by atoms with E-state index in [2.05, 4.69) is 5.32 Å². The predicted octanol–water partition coefficient (Wildman–Crippen LogP) is 3.66. The fourth-order valence-corrected chi connectivity index (χ4v) is 3.08. The Morgan fingerprint density at radius 1 is 1.42 bits per heavy atom. The number of carbonyl (C=O) groups excluding carboxylic acids is 1. The maximum absolute atomic E-state index is 13.0. The maximum atomic E-state index is 13.0. The predicted molar refractivity (Wildman–Crippen MR) is 75.1 cm³/mol. The Balaban J connectivity index is 2.07. The summed E-state index contributed by atoms with van der Waals surface area (Å²) in [6.07, 6.45) is 4.35. The lowest BCUT2D eigenvalue weighted by Crippen LogP contribution is -2.43. The van der Waals surface area contributed by atoms with Crippen LogP contribution in [-0.4, -0.2) is 17.8 Å². The van der Waals surface area contributed by atoms with Crippen molar-refractivity contribution in [3.63, 3.8) is 0 Å². The van der Waals surface area contributed by atoms with Crippen LogP contribution in [0.25, 0.3) is 0 Å².